The van der Waals surface area contributed by atoms with Crippen molar-refractivity contribution in [2.45, 2.75) is 31.6 Å². The summed E-state index contributed by atoms with van der Waals surface area (Å²) in [6.45, 7) is 4.59. The van der Waals surface area contributed by atoms with Crippen molar-refractivity contribution in [3.8, 4) is 11.5 Å². The number of anilines is 1. The Hall–Kier alpha value is -2.69. The molecule has 0 unspecified atom stereocenters. The van der Waals surface area contributed by atoms with E-state index in [-0.39, 0.29) is 29.8 Å². The molecule has 1 aliphatic rings. The second kappa shape index (κ2) is 9.28. The van der Waals surface area contributed by atoms with Crippen LogP contribution < -0.4 is 14.8 Å². The van der Waals surface area contributed by atoms with Crippen molar-refractivity contribution in [2.75, 3.05) is 32.6 Å². The number of nitrogens with one attached hydrogen (secondary N) is 1. The number of sulfonamides is 1. The summed E-state index contributed by atoms with van der Waals surface area (Å²) in [5.74, 6) is 0.435. The van der Waals surface area contributed by atoms with Crippen LogP contribution in [0.5, 0.6) is 11.5 Å². The molecule has 1 amide bonds. The highest BCUT2D eigenvalue weighted by atomic mass is 32.2. The minimum atomic E-state index is -3.70. The van der Waals surface area contributed by atoms with Crippen LogP contribution >= 0.6 is 11.3 Å². The van der Waals surface area contributed by atoms with Crippen LogP contribution in [0.15, 0.2) is 35.2 Å². The molecular weight excluding hydrogens is 462 g/mol. The smallest absolute Gasteiger partial charge is 0.243 e. The predicted octanol–water partition coefficient (Wildman–Crippen LogP) is 3.97. The highest BCUT2D eigenvalue weighted by Gasteiger charge is 2.33. The second-order valence-corrected chi connectivity index (χ2v) is 11.1. The van der Waals surface area contributed by atoms with E-state index in [2.05, 4.69) is 22.4 Å². The van der Waals surface area contributed by atoms with Gasteiger partial charge in [-0.15, -0.1) is 0 Å². The summed E-state index contributed by atoms with van der Waals surface area (Å²) in [6.07, 6.45) is 0.892. The van der Waals surface area contributed by atoms with Gasteiger partial charge in [0, 0.05) is 25.1 Å². The number of benzene rings is 2. The number of carbonyl (C=O) groups is 1. The van der Waals surface area contributed by atoms with Crippen molar-refractivity contribution in [1.29, 1.82) is 0 Å². The van der Waals surface area contributed by atoms with E-state index in [4.69, 9.17) is 9.47 Å². The van der Waals surface area contributed by atoms with E-state index >= 15 is 0 Å². The Morgan fingerprint density at radius 2 is 1.79 bits per heavy atom. The monoisotopic (exact) mass is 489 g/mol. The number of thiazole rings is 1. The van der Waals surface area contributed by atoms with E-state index in [1.807, 2.05) is 13.8 Å². The first-order valence-corrected chi connectivity index (χ1v) is 12.9. The number of rotatable bonds is 6. The standard InChI is InChI=1S/C23H27N3O5S2/c1-14-11-15(2)21-20(12-14)32-23(24-21)25-22(27)16-7-9-26(10-8-16)33(28,29)17-5-6-18(30-3)19(13-17)31-4/h5-6,11-13,16H,7-10H2,1-4H3,(H,24,25,27). The summed E-state index contributed by atoms with van der Waals surface area (Å²) < 4.78 is 39.1. The topological polar surface area (TPSA) is 97.8 Å². The van der Waals surface area contributed by atoms with Crippen LogP contribution in [0, 0.1) is 19.8 Å². The van der Waals surface area contributed by atoms with E-state index in [0.29, 0.717) is 29.5 Å². The normalized spacial score (nSPS) is 15.5. The number of carbonyl (C=O) groups excluding carboxylic acids is 1. The van der Waals surface area contributed by atoms with Crippen LogP contribution in [-0.2, 0) is 14.8 Å². The summed E-state index contributed by atoms with van der Waals surface area (Å²) in [5.41, 5.74) is 3.14. The summed E-state index contributed by atoms with van der Waals surface area (Å²) in [4.78, 5) is 17.5. The lowest BCUT2D eigenvalue weighted by Gasteiger charge is -2.30. The SMILES string of the molecule is COc1ccc(S(=O)(=O)N2CCC(C(=O)Nc3nc4c(C)cc(C)cc4s3)CC2)cc1OC. The van der Waals surface area contributed by atoms with Crippen molar-refractivity contribution >= 4 is 42.6 Å². The molecule has 1 aliphatic heterocycles. The van der Waals surface area contributed by atoms with Crippen LogP contribution in [0.3, 0.4) is 0 Å². The number of aromatic nitrogens is 1. The van der Waals surface area contributed by atoms with Gasteiger partial charge in [-0.1, -0.05) is 17.4 Å². The van der Waals surface area contributed by atoms with Crippen LogP contribution in [-0.4, -0.2) is 50.9 Å². The van der Waals surface area contributed by atoms with Crippen molar-refractivity contribution in [1.82, 2.24) is 9.29 Å². The molecule has 33 heavy (non-hydrogen) atoms. The maximum absolute atomic E-state index is 13.1. The third-order valence-corrected chi connectivity index (χ3v) is 8.69. The Morgan fingerprint density at radius 3 is 2.45 bits per heavy atom. The molecule has 4 rings (SSSR count). The van der Waals surface area contributed by atoms with Gasteiger partial charge in [-0.2, -0.15) is 4.31 Å². The molecule has 0 saturated carbocycles. The molecule has 2 heterocycles. The number of hydrogen-bond acceptors (Lipinski definition) is 7. The number of nitrogens with zero attached hydrogens (tertiary/aromatic N) is 2. The molecule has 0 aliphatic carbocycles. The van der Waals surface area contributed by atoms with Crippen molar-refractivity contribution in [3.63, 3.8) is 0 Å². The zero-order chi connectivity index (χ0) is 23.8. The van der Waals surface area contributed by atoms with E-state index < -0.39 is 10.0 Å². The van der Waals surface area contributed by atoms with Gasteiger partial charge in [0.2, 0.25) is 15.9 Å². The number of ether oxygens (including phenoxy) is 2. The van der Waals surface area contributed by atoms with Crippen molar-refractivity contribution in [2.24, 2.45) is 5.92 Å². The van der Waals surface area contributed by atoms with Crippen LogP contribution in [0.4, 0.5) is 5.13 Å². The quantitative estimate of drug-likeness (QED) is 0.563. The highest BCUT2D eigenvalue weighted by molar-refractivity contribution is 7.89. The lowest BCUT2D eigenvalue weighted by atomic mass is 9.97. The first-order chi connectivity index (χ1) is 15.7. The number of methoxy groups -OCH3 is 2. The average molecular weight is 490 g/mol. The van der Waals surface area contributed by atoms with Crippen molar-refractivity contribution in [3.05, 3.63) is 41.5 Å². The van der Waals surface area contributed by atoms with Gasteiger partial charge in [0.05, 0.1) is 29.3 Å². The average Bonchev–Trinajstić information content (AvgIpc) is 3.21. The van der Waals surface area contributed by atoms with Gasteiger partial charge >= 0.3 is 0 Å². The highest BCUT2D eigenvalue weighted by Crippen LogP contribution is 2.33. The molecule has 1 aromatic heterocycles. The maximum Gasteiger partial charge on any atom is 0.243 e. The van der Waals surface area contributed by atoms with Gasteiger partial charge in [-0.3, -0.25) is 4.79 Å². The lowest BCUT2D eigenvalue weighted by Crippen LogP contribution is -2.41. The Balaban J connectivity index is 1.42. The molecule has 1 saturated heterocycles. The van der Waals surface area contributed by atoms with Gasteiger partial charge in [0.25, 0.3) is 0 Å². The first-order valence-electron chi connectivity index (χ1n) is 10.6. The first kappa shape index (κ1) is 23.5. The third-order valence-electron chi connectivity index (χ3n) is 5.88. The van der Waals surface area contributed by atoms with Crippen LogP contribution in [0.1, 0.15) is 24.0 Å². The number of fused-ring (bicyclic) bond motifs is 1. The van der Waals surface area contributed by atoms with Crippen molar-refractivity contribution < 1.29 is 22.7 Å². The van der Waals surface area contributed by atoms with Gasteiger partial charge in [0.15, 0.2) is 16.6 Å². The second-order valence-electron chi connectivity index (χ2n) is 8.13. The molecule has 0 spiro atoms. The Morgan fingerprint density at radius 1 is 1.09 bits per heavy atom. The van der Waals surface area contributed by atoms with Crippen LogP contribution in [0.2, 0.25) is 0 Å². The fourth-order valence-electron chi connectivity index (χ4n) is 4.12. The number of hydrogen-bond donors (Lipinski definition) is 1. The van der Waals surface area contributed by atoms with Gasteiger partial charge < -0.3 is 14.8 Å². The van der Waals surface area contributed by atoms with E-state index in [1.54, 1.807) is 6.07 Å². The summed E-state index contributed by atoms with van der Waals surface area (Å²) in [5, 5.41) is 3.50. The fourth-order valence-corrected chi connectivity index (χ4v) is 6.65. The third kappa shape index (κ3) is 4.68. The van der Waals surface area contributed by atoms with Crippen LogP contribution in [0.25, 0.3) is 10.2 Å². The number of aryl methyl sites for hydroxylation is 2. The molecule has 1 N–H and O–H groups in total. The number of piperidine rings is 1. The Labute approximate surface area is 197 Å². The molecule has 0 atom stereocenters. The lowest BCUT2D eigenvalue weighted by molar-refractivity contribution is -0.120. The van der Waals surface area contributed by atoms with Gasteiger partial charge in [-0.05, 0) is 56.0 Å². The zero-order valence-corrected chi connectivity index (χ0v) is 20.7. The molecule has 0 radical (unpaired) electrons. The Bertz CT molecular complexity index is 1290. The molecule has 0 bridgehead atoms. The molecule has 2 aromatic carbocycles. The molecule has 8 nitrogen and oxygen atoms in total. The van der Waals surface area contributed by atoms with Gasteiger partial charge in [0.1, 0.15) is 0 Å². The fraction of sp³-hybridized carbons (Fsp3) is 0.391. The molecule has 10 heteroatoms. The maximum atomic E-state index is 13.1. The predicted molar refractivity (Wildman–Crippen MR) is 129 cm³/mol. The van der Waals surface area contributed by atoms with E-state index in [0.717, 1.165) is 21.3 Å². The minimum Gasteiger partial charge on any atom is -0.493 e. The van der Waals surface area contributed by atoms with E-state index in [9.17, 15) is 13.2 Å². The molecule has 176 valence electrons. The van der Waals surface area contributed by atoms with E-state index in [1.165, 1.54) is 42.0 Å². The Kier molecular flexibility index (Phi) is 6.60. The summed E-state index contributed by atoms with van der Waals surface area (Å²) in [6, 6.07) is 8.68. The summed E-state index contributed by atoms with van der Waals surface area (Å²) in [7, 11) is -0.735. The summed E-state index contributed by atoms with van der Waals surface area (Å²) >= 11 is 1.45. The largest absolute Gasteiger partial charge is 0.493 e. The minimum absolute atomic E-state index is 0.119. The zero-order valence-electron chi connectivity index (χ0n) is 19.0. The molecule has 1 fully saturated rings. The molecule has 3 aromatic rings. The molecular formula is C23H27N3O5S2. The number of amides is 1. The van der Waals surface area contributed by atoms with Gasteiger partial charge in [-0.25, -0.2) is 13.4 Å².